The second-order valence-corrected chi connectivity index (χ2v) is 4.44. The molecule has 1 N–H and O–H groups in total. The minimum atomic E-state index is 0.774. The molecule has 1 aliphatic heterocycles. The van der Waals surface area contributed by atoms with Crippen LogP contribution in [-0.2, 0) is 0 Å². The van der Waals surface area contributed by atoms with E-state index in [-0.39, 0.29) is 0 Å². The van der Waals surface area contributed by atoms with E-state index in [4.69, 9.17) is 4.74 Å². The summed E-state index contributed by atoms with van der Waals surface area (Å²) < 4.78 is 5.24. The van der Waals surface area contributed by atoms with Gasteiger partial charge in [0.15, 0.2) is 0 Å². The van der Waals surface area contributed by atoms with Crippen molar-refractivity contribution in [1.29, 1.82) is 0 Å². The Bertz CT molecular complexity index is 334. The van der Waals surface area contributed by atoms with Crippen LogP contribution < -0.4 is 15.0 Å². The summed E-state index contributed by atoms with van der Waals surface area (Å²) in [6, 6.07) is 8.24. The maximum Gasteiger partial charge on any atom is 0.120 e. The molecule has 1 atom stereocenters. The fraction of sp³-hybridized carbons (Fsp3) is 0.538. The van der Waals surface area contributed by atoms with Crippen LogP contribution in [0.25, 0.3) is 0 Å². The molecule has 0 aliphatic carbocycles. The molecular weight excluding hydrogens is 200 g/mol. The third-order valence-corrected chi connectivity index (χ3v) is 3.19. The van der Waals surface area contributed by atoms with Gasteiger partial charge in [-0.1, -0.05) is 6.07 Å². The molecule has 16 heavy (non-hydrogen) atoms. The first-order valence-corrected chi connectivity index (χ1v) is 5.85. The van der Waals surface area contributed by atoms with E-state index < -0.39 is 0 Å². The minimum Gasteiger partial charge on any atom is -0.497 e. The quantitative estimate of drug-likeness (QED) is 0.836. The van der Waals surface area contributed by atoms with Gasteiger partial charge in [0.1, 0.15) is 5.75 Å². The van der Waals surface area contributed by atoms with Crippen molar-refractivity contribution in [2.24, 2.45) is 5.92 Å². The Balaban J connectivity index is 1.98. The maximum atomic E-state index is 5.24. The molecule has 0 saturated carbocycles. The van der Waals surface area contributed by atoms with E-state index >= 15 is 0 Å². The van der Waals surface area contributed by atoms with Crippen molar-refractivity contribution < 1.29 is 4.74 Å². The van der Waals surface area contributed by atoms with Crippen LogP contribution in [0.15, 0.2) is 24.3 Å². The highest BCUT2D eigenvalue weighted by molar-refractivity contribution is 5.50. The Hall–Kier alpha value is -1.22. The van der Waals surface area contributed by atoms with Crippen LogP contribution in [0.5, 0.6) is 5.75 Å². The molecule has 0 aromatic heterocycles. The van der Waals surface area contributed by atoms with E-state index in [1.165, 1.54) is 12.1 Å². The van der Waals surface area contributed by atoms with Crippen LogP contribution >= 0.6 is 0 Å². The summed E-state index contributed by atoms with van der Waals surface area (Å²) in [6.07, 6.45) is 1.29. The van der Waals surface area contributed by atoms with Gasteiger partial charge in [-0.3, -0.25) is 0 Å². The van der Waals surface area contributed by atoms with Crippen LogP contribution in [0, 0.1) is 5.92 Å². The molecule has 1 aliphatic rings. The van der Waals surface area contributed by atoms with E-state index in [0.717, 1.165) is 31.3 Å². The van der Waals surface area contributed by atoms with Crippen LogP contribution in [0.4, 0.5) is 5.69 Å². The summed E-state index contributed by atoms with van der Waals surface area (Å²) in [6.45, 7) is 3.42. The molecular formula is C13H20N2O. The topological polar surface area (TPSA) is 24.5 Å². The predicted molar refractivity (Wildman–Crippen MR) is 67.2 cm³/mol. The molecule has 88 valence electrons. The van der Waals surface area contributed by atoms with Gasteiger partial charge in [-0.25, -0.2) is 0 Å². The van der Waals surface area contributed by atoms with E-state index in [1.807, 2.05) is 12.1 Å². The lowest BCUT2D eigenvalue weighted by Gasteiger charge is -2.23. The number of hydrogen-bond donors (Lipinski definition) is 1. The lowest BCUT2D eigenvalue weighted by atomic mass is 10.1. The lowest BCUT2D eigenvalue weighted by Crippen LogP contribution is -2.26. The molecule has 1 aromatic rings. The number of hydrogen-bond acceptors (Lipinski definition) is 3. The number of anilines is 1. The molecule has 1 aromatic carbocycles. The molecule has 1 unspecified atom stereocenters. The first-order chi connectivity index (χ1) is 7.79. The monoisotopic (exact) mass is 220 g/mol. The van der Waals surface area contributed by atoms with Crippen molar-refractivity contribution >= 4 is 5.69 Å². The fourth-order valence-corrected chi connectivity index (χ4v) is 2.21. The van der Waals surface area contributed by atoms with Crippen molar-refractivity contribution in [3.05, 3.63) is 24.3 Å². The molecule has 0 spiro atoms. The van der Waals surface area contributed by atoms with Crippen LogP contribution in [-0.4, -0.2) is 33.8 Å². The first kappa shape index (κ1) is 11.3. The third kappa shape index (κ3) is 2.67. The van der Waals surface area contributed by atoms with E-state index in [0.29, 0.717) is 0 Å². The molecule has 2 rings (SSSR count). The molecule has 1 saturated heterocycles. The first-order valence-electron chi connectivity index (χ1n) is 5.85. The zero-order valence-electron chi connectivity index (χ0n) is 10.1. The molecule has 1 heterocycles. The maximum absolute atomic E-state index is 5.24. The van der Waals surface area contributed by atoms with Crippen LogP contribution in [0.1, 0.15) is 6.42 Å². The number of nitrogens with zero attached hydrogens (tertiary/aromatic N) is 1. The minimum absolute atomic E-state index is 0.774. The second-order valence-electron chi connectivity index (χ2n) is 4.44. The molecule has 0 amide bonds. The second kappa shape index (κ2) is 5.21. The molecule has 0 radical (unpaired) electrons. The van der Waals surface area contributed by atoms with Gasteiger partial charge in [0, 0.05) is 25.3 Å². The normalized spacial score (nSPS) is 19.8. The summed E-state index contributed by atoms with van der Waals surface area (Å²) in [5.41, 5.74) is 1.23. The van der Waals surface area contributed by atoms with E-state index in [9.17, 15) is 0 Å². The van der Waals surface area contributed by atoms with Crippen molar-refractivity contribution in [3.8, 4) is 5.75 Å². The van der Waals surface area contributed by atoms with Gasteiger partial charge in [-0.05, 0) is 37.6 Å². The lowest BCUT2D eigenvalue weighted by molar-refractivity contribution is 0.414. The fourth-order valence-electron chi connectivity index (χ4n) is 2.21. The summed E-state index contributed by atoms with van der Waals surface area (Å²) in [7, 11) is 3.85. The summed E-state index contributed by atoms with van der Waals surface area (Å²) >= 11 is 0. The zero-order valence-corrected chi connectivity index (χ0v) is 10.1. The number of ether oxygens (including phenoxy) is 1. The average molecular weight is 220 g/mol. The highest BCUT2D eigenvalue weighted by Crippen LogP contribution is 2.21. The predicted octanol–water partition coefficient (Wildman–Crippen LogP) is 1.74. The Morgan fingerprint density at radius 3 is 3.06 bits per heavy atom. The Labute approximate surface area is 97.4 Å². The van der Waals surface area contributed by atoms with Gasteiger partial charge < -0.3 is 15.0 Å². The third-order valence-electron chi connectivity index (χ3n) is 3.19. The smallest absolute Gasteiger partial charge is 0.120 e. The summed E-state index contributed by atoms with van der Waals surface area (Å²) in [5.74, 6) is 1.70. The summed E-state index contributed by atoms with van der Waals surface area (Å²) in [5, 5.41) is 3.40. The molecule has 3 heteroatoms. The largest absolute Gasteiger partial charge is 0.497 e. The highest BCUT2D eigenvalue weighted by atomic mass is 16.5. The standard InChI is InChI=1S/C13H20N2O/c1-15(10-11-6-7-14-9-11)12-4-3-5-13(8-12)16-2/h3-5,8,11,14H,6-7,9-10H2,1-2H3. The van der Waals surface area contributed by atoms with Gasteiger partial charge in [-0.15, -0.1) is 0 Å². The van der Waals surface area contributed by atoms with Gasteiger partial charge in [0.25, 0.3) is 0 Å². The Kier molecular flexibility index (Phi) is 3.67. The van der Waals surface area contributed by atoms with E-state index in [2.05, 4.69) is 29.4 Å². The van der Waals surface area contributed by atoms with Crippen molar-refractivity contribution in [2.75, 3.05) is 38.7 Å². The number of benzene rings is 1. The van der Waals surface area contributed by atoms with Gasteiger partial charge in [0.2, 0.25) is 0 Å². The SMILES string of the molecule is COc1cccc(N(C)CC2CCNC2)c1. The van der Waals surface area contributed by atoms with Crippen LogP contribution in [0.2, 0.25) is 0 Å². The van der Waals surface area contributed by atoms with Gasteiger partial charge in [-0.2, -0.15) is 0 Å². The van der Waals surface area contributed by atoms with Crippen molar-refractivity contribution in [2.45, 2.75) is 6.42 Å². The van der Waals surface area contributed by atoms with Gasteiger partial charge in [0.05, 0.1) is 7.11 Å². The van der Waals surface area contributed by atoms with Crippen molar-refractivity contribution in [3.63, 3.8) is 0 Å². The van der Waals surface area contributed by atoms with Gasteiger partial charge >= 0.3 is 0 Å². The highest BCUT2D eigenvalue weighted by Gasteiger charge is 2.16. The molecule has 1 fully saturated rings. The number of nitrogens with one attached hydrogen (secondary N) is 1. The number of rotatable bonds is 4. The Morgan fingerprint density at radius 2 is 2.38 bits per heavy atom. The van der Waals surface area contributed by atoms with Crippen LogP contribution in [0.3, 0.4) is 0 Å². The zero-order chi connectivity index (χ0) is 11.4. The number of methoxy groups -OCH3 is 1. The molecule has 0 bridgehead atoms. The molecule has 3 nitrogen and oxygen atoms in total. The Morgan fingerprint density at radius 1 is 1.50 bits per heavy atom. The average Bonchev–Trinajstić information content (AvgIpc) is 2.82. The van der Waals surface area contributed by atoms with Crippen molar-refractivity contribution in [1.82, 2.24) is 5.32 Å². The summed E-state index contributed by atoms with van der Waals surface area (Å²) in [4.78, 5) is 2.31. The van der Waals surface area contributed by atoms with E-state index in [1.54, 1.807) is 7.11 Å².